The summed E-state index contributed by atoms with van der Waals surface area (Å²) in [5.41, 5.74) is 1.23. The topological polar surface area (TPSA) is 95.5 Å². The fraction of sp³-hybridized carbons (Fsp3) is 0.0870. The summed E-state index contributed by atoms with van der Waals surface area (Å²) in [4.78, 5) is 37.4. The van der Waals surface area contributed by atoms with E-state index in [2.05, 4.69) is 10.6 Å². The molecule has 0 atom stereocenters. The highest BCUT2D eigenvalue weighted by molar-refractivity contribution is 8.00. The molecule has 3 rings (SSSR count). The van der Waals surface area contributed by atoms with Crippen molar-refractivity contribution < 1.29 is 19.5 Å². The van der Waals surface area contributed by atoms with Crippen LogP contribution < -0.4 is 10.6 Å². The highest BCUT2D eigenvalue weighted by Crippen LogP contribution is 2.41. The number of aryl methyl sites for hydroxylation is 1. The summed E-state index contributed by atoms with van der Waals surface area (Å²) in [7, 11) is 0. The Balaban J connectivity index is 1.67. The summed E-state index contributed by atoms with van der Waals surface area (Å²) in [5, 5.41) is 13.7. The number of carboxylic acids is 1. The van der Waals surface area contributed by atoms with Gasteiger partial charge in [0.2, 0.25) is 5.91 Å². The molecule has 0 bridgehead atoms. The lowest BCUT2D eigenvalue weighted by molar-refractivity contribution is -0.113. The van der Waals surface area contributed by atoms with Gasteiger partial charge in [0.25, 0.3) is 5.91 Å². The first-order valence-corrected chi connectivity index (χ1v) is 12.1. The van der Waals surface area contributed by atoms with Gasteiger partial charge < -0.3 is 15.7 Å². The van der Waals surface area contributed by atoms with Crippen LogP contribution in [0.4, 0.5) is 11.4 Å². The van der Waals surface area contributed by atoms with Gasteiger partial charge in [-0.1, -0.05) is 64.1 Å². The maximum Gasteiger partial charge on any atom is 0.338 e. The van der Waals surface area contributed by atoms with Crippen molar-refractivity contribution in [1.29, 1.82) is 0 Å². The Kier molecular flexibility index (Phi) is 8.73. The third-order valence-corrected chi connectivity index (χ3v) is 7.34. The number of carbonyl (C=O) groups is 3. The van der Waals surface area contributed by atoms with Crippen LogP contribution in [-0.2, 0) is 4.79 Å². The molecule has 6 nitrogen and oxygen atoms in total. The summed E-state index contributed by atoms with van der Waals surface area (Å²) in [5.74, 6) is -2.26. The normalized spacial score (nSPS) is 10.6. The molecule has 0 saturated heterocycles. The number of hydrogen-bond acceptors (Lipinski definition) is 4. The average molecular weight is 558 g/mol. The Labute approximate surface area is 219 Å². The van der Waals surface area contributed by atoms with Gasteiger partial charge in [-0.25, -0.2) is 4.79 Å². The molecule has 0 heterocycles. The first-order chi connectivity index (χ1) is 16.1. The molecule has 0 saturated carbocycles. The van der Waals surface area contributed by atoms with Crippen molar-refractivity contribution in [2.24, 2.45) is 0 Å². The quantitative estimate of drug-likeness (QED) is 0.161. The average Bonchev–Trinajstić information content (AvgIpc) is 2.80. The number of anilines is 2. The van der Waals surface area contributed by atoms with Gasteiger partial charge in [0, 0.05) is 16.3 Å². The molecular formula is C23H16Cl4N2O4S. The zero-order valence-electron chi connectivity index (χ0n) is 17.4. The van der Waals surface area contributed by atoms with Crippen LogP contribution in [0.15, 0.2) is 53.4 Å². The molecule has 2 amide bonds. The first-order valence-electron chi connectivity index (χ1n) is 9.58. The fourth-order valence-corrected chi connectivity index (χ4v) is 4.57. The van der Waals surface area contributed by atoms with Gasteiger partial charge >= 0.3 is 5.97 Å². The maximum atomic E-state index is 12.8. The lowest BCUT2D eigenvalue weighted by Gasteiger charge is -2.14. The van der Waals surface area contributed by atoms with Crippen molar-refractivity contribution in [2.75, 3.05) is 16.4 Å². The van der Waals surface area contributed by atoms with E-state index in [0.29, 0.717) is 5.69 Å². The summed E-state index contributed by atoms with van der Waals surface area (Å²) >= 11 is 25.3. The molecule has 3 aromatic carbocycles. The molecule has 0 radical (unpaired) electrons. The number of nitrogens with one attached hydrogen (secondary N) is 2. The molecule has 11 heteroatoms. The van der Waals surface area contributed by atoms with E-state index in [1.165, 1.54) is 11.8 Å². The van der Waals surface area contributed by atoms with Crippen molar-refractivity contribution in [2.45, 2.75) is 11.8 Å². The third-order valence-electron chi connectivity index (χ3n) is 4.53. The van der Waals surface area contributed by atoms with Crippen molar-refractivity contribution in [3.05, 3.63) is 85.3 Å². The number of benzene rings is 3. The van der Waals surface area contributed by atoms with Crippen LogP contribution in [0.2, 0.25) is 20.1 Å². The molecule has 0 fully saturated rings. The number of amides is 2. The molecule has 34 heavy (non-hydrogen) atoms. The SMILES string of the molecule is Cc1ccc(NC(=O)CSc2ccc(NC(=O)c3c(Cl)c(Cl)c(Cl)c(Cl)c3C(=O)O)cc2)cc1. The Bertz CT molecular complexity index is 1270. The standard InChI is InChI=1S/C23H16Cl4N2O4S/c1-11-2-4-12(5-3-11)28-15(30)10-34-14-8-6-13(7-9-14)29-22(31)16-17(23(32)33)19(25)21(27)20(26)18(16)24/h2-9H,10H2,1H3,(H,28,30)(H,29,31)(H,32,33). The molecule has 0 unspecified atom stereocenters. The zero-order chi connectivity index (χ0) is 25.0. The monoisotopic (exact) mass is 556 g/mol. The summed E-state index contributed by atoms with van der Waals surface area (Å²) in [6.07, 6.45) is 0. The van der Waals surface area contributed by atoms with Crippen LogP contribution >= 0.6 is 58.2 Å². The number of thioether (sulfide) groups is 1. The van der Waals surface area contributed by atoms with Gasteiger partial charge in [-0.3, -0.25) is 9.59 Å². The van der Waals surface area contributed by atoms with Crippen LogP contribution in [-0.4, -0.2) is 28.6 Å². The highest BCUT2D eigenvalue weighted by Gasteiger charge is 2.28. The molecule has 176 valence electrons. The summed E-state index contributed by atoms with van der Waals surface area (Å²) < 4.78 is 0. The molecule has 0 spiro atoms. The van der Waals surface area contributed by atoms with Gasteiger partial charge in [0.1, 0.15) is 0 Å². The maximum absolute atomic E-state index is 12.8. The Hall–Kier alpha value is -2.42. The first kappa shape index (κ1) is 26.2. The Morgan fingerprint density at radius 2 is 1.26 bits per heavy atom. The van der Waals surface area contributed by atoms with E-state index in [1.807, 2.05) is 31.2 Å². The van der Waals surface area contributed by atoms with Crippen molar-refractivity contribution >= 4 is 87.3 Å². The molecule has 0 aliphatic carbocycles. The second-order valence-corrected chi connectivity index (χ2v) is 9.55. The van der Waals surface area contributed by atoms with Crippen molar-refractivity contribution in [3.8, 4) is 0 Å². The van der Waals surface area contributed by atoms with Crippen LogP contribution in [0.3, 0.4) is 0 Å². The van der Waals surface area contributed by atoms with Gasteiger partial charge in [-0.05, 0) is 43.3 Å². The number of carbonyl (C=O) groups excluding carboxylic acids is 2. The van der Waals surface area contributed by atoms with Crippen LogP contribution in [0.1, 0.15) is 26.3 Å². The summed E-state index contributed by atoms with van der Waals surface area (Å²) in [6, 6.07) is 14.1. The van der Waals surface area contributed by atoms with Crippen molar-refractivity contribution in [1.82, 2.24) is 0 Å². The third kappa shape index (κ3) is 6.17. The van der Waals surface area contributed by atoms with E-state index in [0.717, 1.165) is 16.1 Å². The molecule has 0 aliphatic heterocycles. The van der Waals surface area contributed by atoms with E-state index in [9.17, 15) is 19.5 Å². The lowest BCUT2D eigenvalue weighted by atomic mass is 10.1. The summed E-state index contributed by atoms with van der Waals surface area (Å²) in [6.45, 7) is 1.97. The lowest BCUT2D eigenvalue weighted by Crippen LogP contribution is -2.18. The predicted molar refractivity (Wildman–Crippen MR) is 138 cm³/mol. The van der Waals surface area contributed by atoms with E-state index < -0.39 is 23.0 Å². The van der Waals surface area contributed by atoms with E-state index in [1.54, 1.807) is 24.3 Å². The minimum Gasteiger partial charge on any atom is -0.478 e. The largest absolute Gasteiger partial charge is 0.478 e. The van der Waals surface area contributed by atoms with Crippen LogP contribution in [0.5, 0.6) is 0 Å². The van der Waals surface area contributed by atoms with E-state index in [4.69, 9.17) is 46.4 Å². The Morgan fingerprint density at radius 1 is 0.765 bits per heavy atom. The van der Waals surface area contributed by atoms with Gasteiger partial charge in [0.05, 0.1) is 37.0 Å². The van der Waals surface area contributed by atoms with Gasteiger partial charge in [0.15, 0.2) is 0 Å². The predicted octanol–water partition coefficient (Wildman–Crippen LogP) is 7.29. The van der Waals surface area contributed by atoms with E-state index >= 15 is 0 Å². The number of hydrogen-bond donors (Lipinski definition) is 3. The van der Waals surface area contributed by atoms with Gasteiger partial charge in [-0.15, -0.1) is 11.8 Å². The molecule has 3 N–H and O–H groups in total. The van der Waals surface area contributed by atoms with Gasteiger partial charge in [-0.2, -0.15) is 0 Å². The highest BCUT2D eigenvalue weighted by atomic mass is 35.5. The molecule has 0 aliphatic rings. The number of halogens is 4. The molecule has 0 aromatic heterocycles. The molecular weight excluding hydrogens is 542 g/mol. The second kappa shape index (κ2) is 11.3. The minimum atomic E-state index is -1.48. The van der Waals surface area contributed by atoms with Crippen LogP contribution in [0, 0.1) is 6.92 Å². The van der Waals surface area contributed by atoms with E-state index in [-0.39, 0.29) is 31.8 Å². The minimum absolute atomic E-state index is 0.154. The Morgan fingerprint density at radius 3 is 1.82 bits per heavy atom. The van der Waals surface area contributed by atoms with Crippen LogP contribution in [0.25, 0.3) is 0 Å². The molecule has 3 aromatic rings. The number of rotatable bonds is 7. The number of aromatic carboxylic acids is 1. The van der Waals surface area contributed by atoms with Crippen molar-refractivity contribution in [3.63, 3.8) is 0 Å². The fourth-order valence-electron chi connectivity index (χ4n) is 2.86. The second-order valence-electron chi connectivity index (χ2n) is 6.99. The zero-order valence-corrected chi connectivity index (χ0v) is 21.3. The smallest absolute Gasteiger partial charge is 0.338 e. The number of carboxylic acid groups (broad SMARTS) is 1.